The fourth-order valence-corrected chi connectivity index (χ4v) is 2.58. The standard InChI is InChI=1S/C9H15N3S/c1-6-11-8(5-13-6)9-7(10)3-4-12(9)2/h5,7,9H,3-4,10H2,1-2H3. The molecule has 1 saturated heterocycles. The second kappa shape index (κ2) is 3.36. The summed E-state index contributed by atoms with van der Waals surface area (Å²) in [5.74, 6) is 0. The summed E-state index contributed by atoms with van der Waals surface area (Å²) >= 11 is 1.70. The Morgan fingerprint density at radius 1 is 1.69 bits per heavy atom. The molecule has 0 spiro atoms. The van der Waals surface area contributed by atoms with Gasteiger partial charge in [-0.2, -0.15) is 0 Å². The molecule has 2 N–H and O–H groups in total. The van der Waals surface area contributed by atoms with E-state index in [-0.39, 0.29) is 6.04 Å². The molecule has 1 aromatic heterocycles. The highest BCUT2D eigenvalue weighted by molar-refractivity contribution is 7.09. The van der Waals surface area contributed by atoms with E-state index in [1.54, 1.807) is 11.3 Å². The first-order valence-electron chi connectivity index (χ1n) is 4.56. The van der Waals surface area contributed by atoms with Crippen LogP contribution in [0.2, 0.25) is 0 Å². The quantitative estimate of drug-likeness (QED) is 0.734. The van der Waals surface area contributed by atoms with Gasteiger partial charge in [0.1, 0.15) is 0 Å². The molecule has 4 heteroatoms. The van der Waals surface area contributed by atoms with Crippen LogP contribution in [0, 0.1) is 6.92 Å². The van der Waals surface area contributed by atoms with Crippen LogP contribution in [0.15, 0.2) is 5.38 Å². The highest BCUT2D eigenvalue weighted by Crippen LogP contribution is 2.29. The predicted octanol–water partition coefficient (Wildman–Crippen LogP) is 1.16. The van der Waals surface area contributed by atoms with E-state index < -0.39 is 0 Å². The first kappa shape index (κ1) is 9.12. The van der Waals surface area contributed by atoms with E-state index in [4.69, 9.17) is 5.73 Å². The summed E-state index contributed by atoms with van der Waals surface area (Å²) in [6.45, 7) is 3.12. The summed E-state index contributed by atoms with van der Waals surface area (Å²) in [7, 11) is 2.12. The molecule has 72 valence electrons. The maximum absolute atomic E-state index is 6.03. The van der Waals surface area contributed by atoms with Gasteiger partial charge in [-0.1, -0.05) is 0 Å². The minimum atomic E-state index is 0.256. The fourth-order valence-electron chi connectivity index (χ4n) is 1.94. The average molecular weight is 197 g/mol. The van der Waals surface area contributed by atoms with Gasteiger partial charge in [0.05, 0.1) is 16.7 Å². The zero-order valence-electron chi connectivity index (χ0n) is 8.03. The molecule has 1 aliphatic rings. The zero-order valence-corrected chi connectivity index (χ0v) is 8.84. The van der Waals surface area contributed by atoms with Crippen LogP contribution in [0.5, 0.6) is 0 Å². The van der Waals surface area contributed by atoms with E-state index in [1.807, 2.05) is 6.92 Å². The summed E-state index contributed by atoms with van der Waals surface area (Å²) in [6, 6.07) is 0.594. The second-order valence-electron chi connectivity index (χ2n) is 3.67. The third-order valence-corrected chi connectivity index (χ3v) is 3.43. The number of nitrogens with zero attached hydrogens (tertiary/aromatic N) is 2. The van der Waals surface area contributed by atoms with E-state index in [0.717, 1.165) is 23.7 Å². The molecule has 2 atom stereocenters. The van der Waals surface area contributed by atoms with Crippen molar-refractivity contribution in [3.8, 4) is 0 Å². The van der Waals surface area contributed by atoms with Gasteiger partial charge in [-0.15, -0.1) is 11.3 Å². The first-order valence-corrected chi connectivity index (χ1v) is 5.44. The molecule has 1 aromatic rings. The number of thiazole rings is 1. The molecule has 0 bridgehead atoms. The molecule has 0 saturated carbocycles. The first-order chi connectivity index (χ1) is 6.18. The van der Waals surface area contributed by atoms with Crippen LogP contribution in [-0.4, -0.2) is 29.5 Å². The highest BCUT2D eigenvalue weighted by Gasteiger charge is 2.31. The van der Waals surface area contributed by atoms with Gasteiger partial charge < -0.3 is 5.73 Å². The van der Waals surface area contributed by atoms with E-state index in [0.29, 0.717) is 6.04 Å². The number of aromatic nitrogens is 1. The number of hydrogen-bond acceptors (Lipinski definition) is 4. The maximum Gasteiger partial charge on any atom is 0.0898 e. The van der Waals surface area contributed by atoms with Gasteiger partial charge in [0.2, 0.25) is 0 Å². The Kier molecular flexibility index (Phi) is 2.36. The number of aryl methyl sites for hydroxylation is 1. The van der Waals surface area contributed by atoms with Crippen molar-refractivity contribution < 1.29 is 0 Å². The van der Waals surface area contributed by atoms with E-state index >= 15 is 0 Å². The molecular weight excluding hydrogens is 182 g/mol. The predicted molar refractivity (Wildman–Crippen MR) is 54.8 cm³/mol. The third-order valence-electron chi connectivity index (χ3n) is 2.64. The SMILES string of the molecule is Cc1nc(C2C(N)CCN2C)cs1. The number of hydrogen-bond donors (Lipinski definition) is 1. The summed E-state index contributed by atoms with van der Waals surface area (Å²) in [4.78, 5) is 6.78. The minimum absolute atomic E-state index is 0.256. The lowest BCUT2D eigenvalue weighted by Crippen LogP contribution is -2.29. The summed E-state index contributed by atoms with van der Waals surface area (Å²) < 4.78 is 0. The highest BCUT2D eigenvalue weighted by atomic mass is 32.1. The van der Waals surface area contributed by atoms with Crippen LogP contribution in [0.1, 0.15) is 23.2 Å². The van der Waals surface area contributed by atoms with Crippen LogP contribution in [0.3, 0.4) is 0 Å². The second-order valence-corrected chi connectivity index (χ2v) is 4.73. The molecule has 0 aliphatic carbocycles. The molecule has 2 heterocycles. The summed E-state index contributed by atoms with van der Waals surface area (Å²) in [6.07, 6.45) is 1.08. The Bertz CT molecular complexity index is 287. The third kappa shape index (κ3) is 1.61. The Morgan fingerprint density at radius 2 is 2.46 bits per heavy atom. The van der Waals surface area contributed by atoms with Gasteiger partial charge in [-0.25, -0.2) is 4.98 Å². The molecule has 2 rings (SSSR count). The average Bonchev–Trinajstić information content (AvgIpc) is 2.60. The fraction of sp³-hybridized carbons (Fsp3) is 0.667. The van der Waals surface area contributed by atoms with Crippen molar-refractivity contribution in [1.29, 1.82) is 0 Å². The van der Waals surface area contributed by atoms with Gasteiger partial charge in [0, 0.05) is 18.0 Å². The van der Waals surface area contributed by atoms with E-state index in [1.165, 1.54) is 0 Å². The summed E-state index contributed by atoms with van der Waals surface area (Å²) in [5.41, 5.74) is 7.18. The number of nitrogens with two attached hydrogens (primary N) is 1. The number of rotatable bonds is 1. The summed E-state index contributed by atoms with van der Waals surface area (Å²) in [5, 5.41) is 3.25. The Morgan fingerprint density at radius 3 is 2.92 bits per heavy atom. The Hall–Kier alpha value is -0.450. The minimum Gasteiger partial charge on any atom is -0.326 e. The van der Waals surface area contributed by atoms with Crippen molar-refractivity contribution in [3.63, 3.8) is 0 Å². The van der Waals surface area contributed by atoms with Crippen LogP contribution in [-0.2, 0) is 0 Å². The maximum atomic E-state index is 6.03. The van der Waals surface area contributed by atoms with Crippen molar-refractivity contribution in [1.82, 2.24) is 9.88 Å². The van der Waals surface area contributed by atoms with Crippen molar-refractivity contribution in [2.75, 3.05) is 13.6 Å². The van der Waals surface area contributed by atoms with Gasteiger partial charge >= 0.3 is 0 Å². The van der Waals surface area contributed by atoms with Gasteiger partial charge in [0.15, 0.2) is 0 Å². The molecule has 0 aromatic carbocycles. The van der Waals surface area contributed by atoms with Crippen molar-refractivity contribution in [2.45, 2.75) is 25.4 Å². The van der Waals surface area contributed by atoms with Gasteiger partial charge in [0.25, 0.3) is 0 Å². The van der Waals surface area contributed by atoms with Crippen molar-refractivity contribution >= 4 is 11.3 Å². The lowest BCUT2D eigenvalue weighted by atomic mass is 10.1. The van der Waals surface area contributed by atoms with Crippen LogP contribution in [0.4, 0.5) is 0 Å². The molecular formula is C9H15N3S. The van der Waals surface area contributed by atoms with Crippen LogP contribution >= 0.6 is 11.3 Å². The number of likely N-dealkylation sites (tertiary alicyclic amines) is 1. The van der Waals surface area contributed by atoms with Crippen LogP contribution in [0.25, 0.3) is 0 Å². The van der Waals surface area contributed by atoms with Crippen LogP contribution < -0.4 is 5.73 Å². The molecule has 1 aliphatic heterocycles. The molecule has 0 amide bonds. The normalized spacial score (nSPS) is 29.8. The van der Waals surface area contributed by atoms with E-state index in [9.17, 15) is 0 Å². The molecule has 0 radical (unpaired) electrons. The lowest BCUT2D eigenvalue weighted by Gasteiger charge is -2.20. The molecule has 3 nitrogen and oxygen atoms in total. The topological polar surface area (TPSA) is 42.1 Å². The molecule has 1 fully saturated rings. The Labute approximate surface area is 82.6 Å². The van der Waals surface area contributed by atoms with Gasteiger partial charge in [-0.3, -0.25) is 4.90 Å². The molecule has 13 heavy (non-hydrogen) atoms. The lowest BCUT2D eigenvalue weighted by molar-refractivity contribution is 0.299. The number of likely N-dealkylation sites (N-methyl/N-ethyl adjacent to an activating group) is 1. The van der Waals surface area contributed by atoms with Crippen molar-refractivity contribution in [3.05, 3.63) is 16.1 Å². The van der Waals surface area contributed by atoms with E-state index in [2.05, 4.69) is 22.3 Å². The van der Waals surface area contributed by atoms with Gasteiger partial charge in [-0.05, 0) is 20.4 Å². The Balaban J connectivity index is 2.24. The monoisotopic (exact) mass is 197 g/mol. The zero-order chi connectivity index (χ0) is 9.42. The smallest absolute Gasteiger partial charge is 0.0898 e. The van der Waals surface area contributed by atoms with Crippen molar-refractivity contribution in [2.24, 2.45) is 5.73 Å². The molecule has 2 unspecified atom stereocenters. The largest absolute Gasteiger partial charge is 0.326 e.